The first-order chi connectivity index (χ1) is 8.13. The van der Waals surface area contributed by atoms with Crippen molar-refractivity contribution in [1.82, 2.24) is 0 Å². The van der Waals surface area contributed by atoms with E-state index in [0.717, 1.165) is 17.8 Å². The molecule has 1 aromatic carbocycles. The maximum absolute atomic E-state index is 9.51. The summed E-state index contributed by atoms with van der Waals surface area (Å²) < 4.78 is 0. The van der Waals surface area contributed by atoms with E-state index in [0.29, 0.717) is 11.1 Å². The zero-order chi connectivity index (χ0) is 12.4. The van der Waals surface area contributed by atoms with Crippen molar-refractivity contribution in [1.29, 1.82) is 0 Å². The highest BCUT2D eigenvalue weighted by atomic mass is 35.5. The minimum absolute atomic E-state index is 0.477. The fourth-order valence-corrected chi connectivity index (χ4v) is 2.28. The lowest BCUT2D eigenvalue weighted by Gasteiger charge is -2.24. The fraction of sp³-hybridized carbons (Fsp3) is 0.429. The van der Waals surface area contributed by atoms with Crippen molar-refractivity contribution in [3.8, 4) is 0 Å². The van der Waals surface area contributed by atoms with Crippen LogP contribution in [0.3, 0.4) is 0 Å². The lowest BCUT2D eigenvalue weighted by Crippen LogP contribution is -2.25. The van der Waals surface area contributed by atoms with Gasteiger partial charge in [-0.3, -0.25) is 0 Å². The number of halogens is 1. The predicted octanol–water partition coefficient (Wildman–Crippen LogP) is 3.55. The first-order valence-electron chi connectivity index (χ1n) is 5.98. The summed E-state index contributed by atoms with van der Waals surface area (Å²) in [6.45, 7) is 6.35. The number of hydrogen-bond acceptors (Lipinski definition) is 2. The van der Waals surface area contributed by atoms with Gasteiger partial charge in [0.05, 0.1) is 16.8 Å². The summed E-state index contributed by atoms with van der Waals surface area (Å²) in [5.41, 5.74) is 1.89. The van der Waals surface area contributed by atoms with Crippen LogP contribution in [0.1, 0.15) is 31.4 Å². The van der Waals surface area contributed by atoms with E-state index in [-0.39, 0.29) is 0 Å². The second-order valence-electron chi connectivity index (χ2n) is 4.56. The SMILES string of the molecule is C=CCN(c1ccc([C@H](C)O)cc1Cl)C1CC1. The number of rotatable bonds is 5. The zero-order valence-electron chi connectivity index (χ0n) is 10.1. The van der Waals surface area contributed by atoms with Crippen LogP contribution in [0.5, 0.6) is 0 Å². The summed E-state index contributed by atoms with van der Waals surface area (Å²) in [7, 11) is 0. The van der Waals surface area contributed by atoms with Crippen molar-refractivity contribution < 1.29 is 5.11 Å². The Morgan fingerprint density at radius 1 is 1.59 bits per heavy atom. The Balaban J connectivity index is 2.27. The molecular weight excluding hydrogens is 234 g/mol. The standard InChI is InChI=1S/C14H18ClNO/c1-3-8-16(12-5-6-12)14-7-4-11(10(2)17)9-13(14)15/h3-4,7,9-10,12,17H,1,5-6,8H2,2H3/t10-/m0/s1. The number of aliphatic hydroxyl groups excluding tert-OH is 1. The lowest BCUT2D eigenvalue weighted by molar-refractivity contribution is 0.199. The van der Waals surface area contributed by atoms with Crippen molar-refractivity contribution in [3.63, 3.8) is 0 Å². The molecule has 0 amide bonds. The predicted molar refractivity (Wildman–Crippen MR) is 72.7 cm³/mol. The molecule has 1 aliphatic carbocycles. The van der Waals surface area contributed by atoms with Crippen LogP contribution in [-0.2, 0) is 0 Å². The van der Waals surface area contributed by atoms with Gasteiger partial charge in [0.25, 0.3) is 0 Å². The first kappa shape index (κ1) is 12.5. The van der Waals surface area contributed by atoms with Crippen molar-refractivity contribution >= 4 is 17.3 Å². The summed E-state index contributed by atoms with van der Waals surface area (Å²) in [4.78, 5) is 2.28. The average Bonchev–Trinajstić information content (AvgIpc) is 3.10. The molecule has 1 fully saturated rings. The van der Waals surface area contributed by atoms with Crippen LogP contribution < -0.4 is 4.90 Å². The van der Waals surface area contributed by atoms with Gasteiger partial charge in [-0.1, -0.05) is 23.7 Å². The number of aliphatic hydroxyl groups is 1. The summed E-state index contributed by atoms with van der Waals surface area (Å²) in [6.07, 6.45) is 3.87. The molecule has 1 saturated carbocycles. The molecule has 3 heteroatoms. The highest BCUT2D eigenvalue weighted by Crippen LogP contribution is 2.36. The number of hydrogen-bond donors (Lipinski definition) is 1. The van der Waals surface area contributed by atoms with Gasteiger partial charge >= 0.3 is 0 Å². The van der Waals surface area contributed by atoms with Gasteiger partial charge in [0.15, 0.2) is 0 Å². The largest absolute Gasteiger partial charge is 0.389 e. The Morgan fingerprint density at radius 3 is 2.76 bits per heavy atom. The van der Waals surface area contributed by atoms with Crippen LogP contribution in [-0.4, -0.2) is 17.7 Å². The fourth-order valence-electron chi connectivity index (χ4n) is 1.99. The Bertz CT molecular complexity index is 413. The molecule has 0 aliphatic heterocycles. The molecule has 0 unspecified atom stereocenters. The molecular formula is C14H18ClNO. The topological polar surface area (TPSA) is 23.5 Å². The van der Waals surface area contributed by atoms with Gasteiger partial charge in [0, 0.05) is 12.6 Å². The minimum Gasteiger partial charge on any atom is -0.389 e. The monoisotopic (exact) mass is 251 g/mol. The maximum Gasteiger partial charge on any atom is 0.0762 e. The third kappa shape index (κ3) is 2.82. The van der Waals surface area contributed by atoms with E-state index in [2.05, 4.69) is 11.5 Å². The van der Waals surface area contributed by atoms with Crippen LogP contribution in [0.15, 0.2) is 30.9 Å². The highest BCUT2D eigenvalue weighted by molar-refractivity contribution is 6.33. The van der Waals surface area contributed by atoms with Crippen molar-refractivity contribution in [3.05, 3.63) is 41.4 Å². The van der Waals surface area contributed by atoms with Crippen LogP contribution in [0, 0.1) is 0 Å². The lowest BCUT2D eigenvalue weighted by atomic mass is 10.1. The van der Waals surface area contributed by atoms with Crippen LogP contribution in [0.4, 0.5) is 5.69 Å². The molecule has 0 radical (unpaired) electrons. The van der Waals surface area contributed by atoms with Crippen LogP contribution in [0.2, 0.25) is 5.02 Å². The molecule has 1 N–H and O–H groups in total. The second kappa shape index (κ2) is 5.11. The Labute approximate surface area is 108 Å². The molecule has 17 heavy (non-hydrogen) atoms. The first-order valence-corrected chi connectivity index (χ1v) is 6.36. The van der Waals surface area contributed by atoms with Gasteiger partial charge < -0.3 is 10.0 Å². The van der Waals surface area contributed by atoms with Crippen molar-refractivity contribution in [2.45, 2.75) is 31.9 Å². The van der Waals surface area contributed by atoms with Gasteiger partial charge in [0.1, 0.15) is 0 Å². The van der Waals surface area contributed by atoms with Crippen LogP contribution in [0.25, 0.3) is 0 Å². The van der Waals surface area contributed by atoms with E-state index in [9.17, 15) is 5.11 Å². The smallest absolute Gasteiger partial charge is 0.0762 e. The van der Waals surface area contributed by atoms with E-state index >= 15 is 0 Å². The molecule has 0 bridgehead atoms. The average molecular weight is 252 g/mol. The second-order valence-corrected chi connectivity index (χ2v) is 4.97. The molecule has 1 aliphatic rings. The molecule has 0 aromatic heterocycles. The Morgan fingerprint density at radius 2 is 2.29 bits per heavy atom. The van der Waals surface area contributed by atoms with Crippen molar-refractivity contribution in [2.75, 3.05) is 11.4 Å². The minimum atomic E-state index is -0.477. The number of anilines is 1. The van der Waals surface area contributed by atoms with E-state index in [1.54, 1.807) is 6.92 Å². The third-order valence-corrected chi connectivity index (χ3v) is 3.38. The molecule has 0 spiro atoms. The molecule has 2 nitrogen and oxygen atoms in total. The Hall–Kier alpha value is -0.990. The molecule has 92 valence electrons. The zero-order valence-corrected chi connectivity index (χ0v) is 10.8. The normalized spacial score (nSPS) is 16.6. The molecule has 1 atom stereocenters. The number of nitrogens with zero attached hydrogens (tertiary/aromatic N) is 1. The molecule has 0 saturated heterocycles. The summed E-state index contributed by atoms with van der Waals surface area (Å²) in [5, 5.41) is 10.2. The highest BCUT2D eigenvalue weighted by Gasteiger charge is 2.29. The summed E-state index contributed by atoms with van der Waals surface area (Å²) in [5.74, 6) is 0. The molecule has 1 aromatic rings. The molecule has 2 rings (SSSR count). The van der Waals surface area contributed by atoms with Gasteiger partial charge in [-0.2, -0.15) is 0 Å². The van der Waals surface area contributed by atoms with Gasteiger partial charge in [-0.25, -0.2) is 0 Å². The summed E-state index contributed by atoms with van der Waals surface area (Å²) >= 11 is 6.29. The van der Waals surface area contributed by atoms with E-state index in [1.807, 2.05) is 24.3 Å². The third-order valence-electron chi connectivity index (χ3n) is 3.08. The van der Waals surface area contributed by atoms with E-state index in [1.165, 1.54) is 12.8 Å². The Kier molecular flexibility index (Phi) is 3.75. The van der Waals surface area contributed by atoms with Gasteiger partial charge in [-0.05, 0) is 37.5 Å². The van der Waals surface area contributed by atoms with Crippen molar-refractivity contribution in [2.24, 2.45) is 0 Å². The molecule has 0 heterocycles. The quantitative estimate of drug-likeness (QED) is 0.809. The van der Waals surface area contributed by atoms with E-state index < -0.39 is 6.10 Å². The maximum atomic E-state index is 9.51. The van der Waals surface area contributed by atoms with Crippen LogP contribution >= 0.6 is 11.6 Å². The number of benzene rings is 1. The van der Waals surface area contributed by atoms with Gasteiger partial charge in [-0.15, -0.1) is 6.58 Å². The van der Waals surface area contributed by atoms with E-state index in [4.69, 9.17) is 11.6 Å². The summed E-state index contributed by atoms with van der Waals surface area (Å²) in [6, 6.07) is 6.37. The van der Waals surface area contributed by atoms with Gasteiger partial charge in [0.2, 0.25) is 0 Å².